The smallest absolute Gasteiger partial charge is 0.327 e. The van der Waals surface area contributed by atoms with Gasteiger partial charge in [-0.05, 0) is 60.7 Å². The Balaban J connectivity index is 1.50. The molecule has 0 radical (unpaired) electrons. The molecule has 0 amide bonds. The maximum atomic E-state index is 13.1. The van der Waals surface area contributed by atoms with Gasteiger partial charge in [0.1, 0.15) is 11.8 Å². The number of nitrogens with zero attached hydrogens (tertiary/aromatic N) is 1. The third-order valence-corrected chi connectivity index (χ3v) is 8.50. The molecular weight excluding hydrogens is 550 g/mol. The molecule has 212 valence electrons. The van der Waals surface area contributed by atoms with Gasteiger partial charge in [-0.2, -0.15) is 0 Å². The Hall–Kier alpha value is -3.20. The van der Waals surface area contributed by atoms with E-state index in [9.17, 15) is 14.4 Å². The van der Waals surface area contributed by atoms with E-state index in [1.54, 1.807) is 6.07 Å². The minimum Gasteiger partial charge on any atom is -0.468 e. The largest absolute Gasteiger partial charge is 0.468 e. The van der Waals surface area contributed by atoms with Gasteiger partial charge < -0.3 is 14.2 Å². The van der Waals surface area contributed by atoms with Gasteiger partial charge in [0, 0.05) is 40.9 Å². The SMILES string of the molecule is COC(=O)[C@H](c1ccccc1Cl)N1CCc2sc(OC(=O)CC(C)(C)c3c(C)cc(C)cc3OC(C)=O)cc2C1. The second kappa shape index (κ2) is 12.1. The molecule has 0 bridgehead atoms. The van der Waals surface area contributed by atoms with Crippen LogP contribution in [-0.4, -0.2) is 36.5 Å². The van der Waals surface area contributed by atoms with Crippen molar-refractivity contribution in [2.24, 2.45) is 0 Å². The average Bonchev–Trinajstić information content (AvgIpc) is 3.25. The summed E-state index contributed by atoms with van der Waals surface area (Å²) in [6.07, 6.45) is 0.798. The number of benzene rings is 2. The molecule has 4 rings (SSSR count). The predicted octanol–water partition coefficient (Wildman–Crippen LogP) is 6.49. The van der Waals surface area contributed by atoms with E-state index >= 15 is 0 Å². The summed E-state index contributed by atoms with van der Waals surface area (Å²) >= 11 is 7.88. The van der Waals surface area contributed by atoms with E-state index in [4.69, 9.17) is 25.8 Å². The van der Waals surface area contributed by atoms with Crippen molar-refractivity contribution >= 4 is 40.8 Å². The van der Waals surface area contributed by atoms with Gasteiger partial charge in [0.2, 0.25) is 0 Å². The zero-order chi connectivity index (χ0) is 29.2. The highest BCUT2D eigenvalue weighted by atomic mass is 35.5. The maximum Gasteiger partial charge on any atom is 0.327 e. The summed E-state index contributed by atoms with van der Waals surface area (Å²) in [6, 6.07) is 12.3. The fourth-order valence-corrected chi connectivity index (χ4v) is 6.77. The molecule has 2 aromatic carbocycles. The first-order valence-electron chi connectivity index (χ1n) is 13.1. The number of rotatable bonds is 8. The summed E-state index contributed by atoms with van der Waals surface area (Å²) in [5, 5.41) is 1.02. The molecule has 0 fully saturated rings. The Morgan fingerprint density at radius 1 is 1.10 bits per heavy atom. The Kier molecular flexibility index (Phi) is 9.02. The lowest BCUT2D eigenvalue weighted by Crippen LogP contribution is -2.38. The van der Waals surface area contributed by atoms with Crippen molar-refractivity contribution in [3.63, 3.8) is 0 Å². The Morgan fingerprint density at radius 3 is 2.50 bits per heavy atom. The van der Waals surface area contributed by atoms with E-state index in [1.807, 2.05) is 69.0 Å². The summed E-state index contributed by atoms with van der Waals surface area (Å²) in [6.45, 7) is 10.3. The lowest BCUT2D eigenvalue weighted by molar-refractivity contribution is -0.147. The minimum absolute atomic E-state index is 0.0940. The van der Waals surface area contributed by atoms with E-state index in [1.165, 1.54) is 25.4 Å². The second-order valence-electron chi connectivity index (χ2n) is 10.8. The summed E-state index contributed by atoms with van der Waals surface area (Å²) in [5.41, 5.74) is 3.78. The van der Waals surface area contributed by atoms with Gasteiger partial charge >= 0.3 is 17.9 Å². The average molecular weight is 584 g/mol. The number of carbonyl (C=O) groups excluding carboxylic acids is 3. The normalized spacial score (nSPS) is 14.3. The molecule has 1 aliphatic heterocycles. The zero-order valence-electron chi connectivity index (χ0n) is 23.6. The van der Waals surface area contributed by atoms with Crippen LogP contribution in [0.15, 0.2) is 42.5 Å². The van der Waals surface area contributed by atoms with Gasteiger partial charge in [0.15, 0.2) is 5.06 Å². The summed E-state index contributed by atoms with van der Waals surface area (Å²) in [7, 11) is 1.37. The topological polar surface area (TPSA) is 82.1 Å². The molecule has 1 atom stereocenters. The van der Waals surface area contributed by atoms with Crippen molar-refractivity contribution in [1.82, 2.24) is 4.90 Å². The summed E-state index contributed by atoms with van der Waals surface area (Å²) < 4.78 is 16.4. The van der Waals surface area contributed by atoms with E-state index in [0.29, 0.717) is 40.9 Å². The first-order chi connectivity index (χ1) is 18.9. The molecule has 0 aliphatic carbocycles. The fourth-order valence-electron chi connectivity index (χ4n) is 5.51. The van der Waals surface area contributed by atoms with Crippen LogP contribution in [0.5, 0.6) is 10.8 Å². The monoisotopic (exact) mass is 583 g/mol. The molecule has 0 saturated carbocycles. The van der Waals surface area contributed by atoms with Crippen molar-refractivity contribution in [2.75, 3.05) is 13.7 Å². The highest BCUT2D eigenvalue weighted by Crippen LogP contribution is 2.40. The predicted molar refractivity (Wildman–Crippen MR) is 155 cm³/mol. The molecule has 40 heavy (non-hydrogen) atoms. The molecule has 0 saturated heterocycles. The lowest BCUT2D eigenvalue weighted by Gasteiger charge is -2.33. The Bertz CT molecular complexity index is 1450. The molecule has 1 aromatic heterocycles. The fraction of sp³-hybridized carbons (Fsp3) is 0.387. The molecule has 0 spiro atoms. The van der Waals surface area contributed by atoms with Crippen LogP contribution in [0.4, 0.5) is 0 Å². The second-order valence-corrected chi connectivity index (χ2v) is 12.3. The van der Waals surface area contributed by atoms with E-state index in [2.05, 4.69) is 0 Å². The van der Waals surface area contributed by atoms with Gasteiger partial charge in [0.05, 0.1) is 13.5 Å². The van der Waals surface area contributed by atoms with Crippen molar-refractivity contribution in [1.29, 1.82) is 0 Å². The van der Waals surface area contributed by atoms with Crippen LogP contribution in [0.3, 0.4) is 0 Å². The van der Waals surface area contributed by atoms with Crippen LogP contribution >= 0.6 is 22.9 Å². The van der Waals surface area contributed by atoms with Gasteiger partial charge in [-0.3, -0.25) is 14.5 Å². The van der Waals surface area contributed by atoms with Crippen molar-refractivity contribution < 1.29 is 28.6 Å². The highest BCUT2D eigenvalue weighted by molar-refractivity contribution is 7.14. The van der Waals surface area contributed by atoms with Crippen LogP contribution in [0.1, 0.15) is 65.9 Å². The van der Waals surface area contributed by atoms with E-state index < -0.39 is 17.4 Å². The van der Waals surface area contributed by atoms with Crippen LogP contribution in [0.2, 0.25) is 5.02 Å². The van der Waals surface area contributed by atoms with Crippen LogP contribution in [-0.2, 0) is 37.5 Å². The molecular formula is C31H34ClNO6S. The molecule has 9 heteroatoms. The molecule has 0 N–H and O–H groups in total. The zero-order valence-corrected chi connectivity index (χ0v) is 25.2. The van der Waals surface area contributed by atoms with Gasteiger partial charge in [-0.25, -0.2) is 4.79 Å². The number of ether oxygens (including phenoxy) is 3. The third-order valence-electron chi connectivity index (χ3n) is 7.04. The number of esters is 3. The summed E-state index contributed by atoms with van der Waals surface area (Å²) in [4.78, 5) is 40.8. The first-order valence-corrected chi connectivity index (χ1v) is 14.3. The number of carbonyl (C=O) groups is 3. The first kappa shape index (κ1) is 29.8. The van der Waals surface area contributed by atoms with Crippen LogP contribution in [0, 0.1) is 13.8 Å². The number of thiophene rings is 1. The van der Waals surface area contributed by atoms with Crippen molar-refractivity contribution in [3.05, 3.63) is 80.2 Å². The van der Waals surface area contributed by atoms with Crippen molar-refractivity contribution in [2.45, 2.75) is 65.5 Å². The van der Waals surface area contributed by atoms with Crippen LogP contribution < -0.4 is 9.47 Å². The number of halogens is 1. The number of fused-ring (bicyclic) bond motifs is 1. The number of methoxy groups -OCH3 is 1. The van der Waals surface area contributed by atoms with Gasteiger partial charge in [-0.1, -0.05) is 49.7 Å². The third kappa shape index (κ3) is 6.57. The quantitative estimate of drug-likeness (QED) is 0.221. The molecule has 7 nitrogen and oxygen atoms in total. The standard InChI is InChI=1S/C31H34ClNO6S/c1-18-13-19(2)28(24(14-18)38-20(3)34)31(4,5)16-26(35)39-27-15-21-17-33(12-11-25(21)40-27)29(30(36)37-6)22-9-7-8-10-23(22)32/h7-10,13-15,29H,11-12,16-17H2,1-6H3/t29-/m0/s1. The number of hydrogen-bond acceptors (Lipinski definition) is 8. The lowest BCUT2D eigenvalue weighted by atomic mass is 9.78. The molecule has 3 aromatic rings. The summed E-state index contributed by atoms with van der Waals surface area (Å²) in [5.74, 6) is -0.696. The van der Waals surface area contributed by atoms with Crippen LogP contribution in [0.25, 0.3) is 0 Å². The minimum atomic E-state index is -0.643. The molecule has 2 heterocycles. The van der Waals surface area contributed by atoms with Gasteiger partial charge in [0.25, 0.3) is 0 Å². The highest BCUT2D eigenvalue weighted by Gasteiger charge is 2.34. The maximum absolute atomic E-state index is 13.1. The molecule has 0 unspecified atom stereocenters. The number of hydrogen-bond donors (Lipinski definition) is 0. The van der Waals surface area contributed by atoms with Crippen molar-refractivity contribution in [3.8, 4) is 10.8 Å². The van der Waals surface area contributed by atoms with Gasteiger partial charge in [-0.15, -0.1) is 11.3 Å². The Labute approximate surface area is 244 Å². The van der Waals surface area contributed by atoms with E-state index in [-0.39, 0.29) is 18.4 Å². The van der Waals surface area contributed by atoms with E-state index in [0.717, 1.165) is 27.1 Å². The Morgan fingerprint density at radius 2 is 1.82 bits per heavy atom. The number of aryl methyl sites for hydroxylation is 2. The molecule has 1 aliphatic rings.